The maximum atomic E-state index is 9.74. The van der Waals surface area contributed by atoms with Crippen molar-refractivity contribution in [2.24, 2.45) is 0 Å². The van der Waals surface area contributed by atoms with Crippen molar-refractivity contribution in [3.05, 3.63) is 65.4 Å². The Bertz CT molecular complexity index is 838. The number of allylic oxidation sites excluding steroid dienone is 2. The molecular weight excluding hydrogens is 332 g/mol. The molecule has 2 N–H and O–H groups in total. The molecule has 0 aromatic heterocycles. The molecule has 1 aliphatic rings. The monoisotopic (exact) mass is 354 g/mol. The molecule has 0 aliphatic carbocycles. The summed E-state index contributed by atoms with van der Waals surface area (Å²) in [4.78, 5) is 0. The Labute approximate surface area is 152 Å². The second kappa shape index (κ2) is 7.87. The summed E-state index contributed by atoms with van der Waals surface area (Å²) in [7, 11) is 3.05. The fourth-order valence-corrected chi connectivity index (χ4v) is 2.86. The summed E-state index contributed by atoms with van der Waals surface area (Å²) in [6.07, 6.45) is 7.51. The summed E-state index contributed by atoms with van der Waals surface area (Å²) in [5.41, 5.74) is 1.86. The van der Waals surface area contributed by atoms with Crippen LogP contribution in [0, 0.1) is 0 Å². The van der Waals surface area contributed by atoms with E-state index in [-0.39, 0.29) is 17.6 Å². The molecule has 5 heteroatoms. The number of rotatable bonds is 5. The number of phenolic OH excluding ortho intramolecular Hbond substituents is 2. The molecular formula is C21H22O5. The van der Waals surface area contributed by atoms with E-state index in [2.05, 4.69) is 0 Å². The van der Waals surface area contributed by atoms with Crippen molar-refractivity contribution in [1.29, 1.82) is 0 Å². The minimum Gasteiger partial charge on any atom is -0.504 e. The van der Waals surface area contributed by atoms with Crippen LogP contribution in [0.2, 0.25) is 0 Å². The van der Waals surface area contributed by atoms with E-state index in [4.69, 9.17) is 14.2 Å². The summed E-state index contributed by atoms with van der Waals surface area (Å²) in [5.74, 6) is 1.87. The zero-order valence-corrected chi connectivity index (χ0v) is 14.8. The van der Waals surface area contributed by atoms with Crippen molar-refractivity contribution in [3.63, 3.8) is 0 Å². The average Bonchev–Trinajstić information content (AvgIpc) is 2.68. The van der Waals surface area contributed by atoms with Gasteiger partial charge in [0.2, 0.25) is 0 Å². The third-order valence-corrected chi connectivity index (χ3v) is 4.27. The van der Waals surface area contributed by atoms with Gasteiger partial charge in [-0.25, -0.2) is 0 Å². The summed E-state index contributed by atoms with van der Waals surface area (Å²) >= 11 is 0. The van der Waals surface area contributed by atoms with Crippen molar-refractivity contribution in [2.75, 3.05) is 14.2 Å². The molecule has 136 valence electrons. The lowest BCUT2D eigenvalue weighted by atomic mass is 10.0. The molecule has 0 saturated carbocycles. The van der Waals surface area contributed by atoms with Gasteiger partial charge in [-0.05, 0) is 60.4 Å². The van der Waals surface area contributed by atoms with Gasteiger partial charge in [0.25, 0.3) is 0 Å². The van der Waals surface area contributed by atoms with Gasteiger partial charge in [-0.15, -0.1) is 0 Å². The molecule has 3 rings (SSSR count). The van der Waals surface area contributed by atoms with E-state index < -0.39 is 0 Å². The molecule has 1 unspecified atom stereocenters. The van der Waals surface area contributed by atoms with E-state index in [1.165, 1.54) is 14.2 Å². The lowest BCUT2D eigenvalue weighted by Gasteiger charge is -2.24. The molecule has 0 bridgehead atoms. The van der Waals surface area contributed by atoms with Crippen molar-refractivity contribution in [1.82, 2.24) is 0 Å². The Kier molecular flexibility index (Phi) is 5.37. The highest BCUT2D eigenvalue weighted by Crippen LogP contribution is 2.35. The smallest absolute Gasteiger partial charge is 0.161 e. The molecule has 2 aromatic rings. The van der Waals surface area contributed by atoms with Crippen LogP contribution in [0.1, 0.15) is 30.1 Å². The van der Waals surface area contributed by atoms with Gasteiger partial charge in [0, 0.05) is 0 Å². The maximum absolute atomic E-state index is 9.74. The van der Waals surface area contributed by atoms with Crippen LogP contribution in [0.5, 0.6) is 23.0 Å². The van der Waals surface area contributed by atoms with Gasteiger partial charge in [0.05, 0.1) is 14.2 Å². The second-order valence-electron chi connectivity index (χ2n) is 5.99. The van der Waals surface area contributed by atoms with E-state index in [0.29, 0.717) is 11.5 Å². The highest BCUT2D eigenvalue weighted by Gasteiger charge is 2.18. The first-order chi connectivity index (χ1) is 12.6. The Morgan fingerprint density at radius 1 is 0.962 bits per heavy atom. The molecule has 1 aliphatic heterocycles. The molecule has 0 spiro atoms. The average molecular weight is 354 g/mol. The quantitative estimate of drug-likeness (QED) is 0.824. The van der Waals surface area contributed by atoms with Gasteiger partial charge < -0.3 is 24.4 Å². The van der Waals surface area contributed by atoms with Crippen LogP contribution in [0.4, 0.5) is 0 Å². The second-order valence-corrected chi connectivity index (χ2v) is 5.99. The van der Waals surface area contributed by atoms with Gasteiger partial charge in [-0.2, -0.15) is 0 Å². The minimum atomic E-state index is -0.0940. The summed E-state index contributed by atoms with van der Waals surface area (Å²) in [6, 6.07) is 10.4. The van der Waals surface area contributed by atoms with Crippen LogP contribution in [0.3, 0.4) is 0 Å². The number of phenols is 2. The first-order valence-electron chi connectivity index (χ1n) is 8.39. The normalized spacial score (nSPS) is 16.8. The molecule has 0 radical (unpaired) electrons. The van der Waals surface area contributed by atoms with Crippen LogP contribution in [0.25, 0.3) is 6.08 Å². The molecule has 26 heavy (non-hydrogen) atoms. The third kappa shape index (κ3) is 3.94. The Morgan fingerprint density at radius 2 is 1.65 bits per heavy atom. The SMILES string of the molecule is COc1cc(/C=C/C2=CCCC(c3ccc(O)c(OC)c3)O2)ccc1O. The standard InChI is InChI=1S/C21H22O5/c1-24-20-12-14(7-10-17(20)22)6-9-16-4-3-5-19(26-16)15-8-11-18(23)21(13-15)25-2/h4,6-13,19,22-23H,3,5H2,1-2H3/b9-6+. The van der Waals surface area contributed by atoms with Gasteiger partial charge in [-0.3, -0.25) is 0 Å². The molecule has 0 fully saturated rings. The molecule has 5 nitrogen and oxygen atoms in total. The summed E-state index contributed by atoms with van der Waals surface area (Å²) in [5, 5.41) is 19.4. The zero-order valence-electron chi connectivity index (χ0n) is 14.8. The number of aromatic hydroxyl groups is 2. The molecule has 1 atom stereocenters. The number of ether oxygens (including phenoxy) is 3. The maximum Gasteiger partial charge on any atom is 0.161 e. The topological polar surface area (TPSA) is 68.2 Å². The van der Waals surface area contributed by atoms with Gasteiger partial charge in [0.15, 0.2) is 23.0 Å². The van der Waals surface area contributed by atoms with E-state index in [1.54, 1.807) is 30.3 Å². The third-order valence-electron chi connectivity index (χ3n) is 4.27. The van der Waals surface area contributed by atoms with Crippen LogP contribution in [-0.4, -0.2) is 24.4 Å². The zero-order chi connectivity index (χ0) is 18.5. The lowest BCUT2D eigenvalue weighted by Crippen LogP contribution is -2.08. The predicted molar refractivity (Wildman–Crippen MR) is 99.5 cm³/mol. The van der Waals surface area contributed by atoms with Crippen LogP contribution >= 0.6 is 0 Å². The first kappa shape index (κ1) is 17.7. The number of hydrogen-bond donors (Lipinski definition) is 2. The number of hydrogen-bond acceptors (Lipinski definition) is 5. The van der Waals surface area contributed by atoms with Crippen LogP contribution in [-0.2, 0) is 4.74 Å². The van der Waals surface area contributed by atoms with Gasteiger partial charge >= 0.3 is 0 Å². The van der Waals surface area contributed by atoms with Crippen LogP contribution in [0.15, 0.2) is 54.3 Å². The fraction of sp³-hybridized carbons (Fsp3) is 0.238. The van der Waals surface area contributed by atoms with Crippen molar-refractivity contribution in [2.45, 2.75) is 18.9 Å². The summed E-state index contributed by atoms with van der Waals surface area (Å²) in [6.45, 7) is 0. The van der Waals surface area contributed by atoms with Gasteiger partial charge in [0.1, 0.15) is 11.9 Å². The number of benzene rings is 2. The highest BCUT2D eigenvalue weighted by molar-refractivity contribution is 5.57. The molecule has 0 saturated heterocycles. The largest absolute Gasteiger partial charge is 0.504 e. The van der Waals surface area contributed by atoms with Crippen molar-refractivity contribution >= 4 is 6.08 Å². The van der Waals surface area contributed by atoms with E-state index in [9.17, 15) is 10.2 Å². The van der Waals surface area contributed by atoms with E-state index in [1.807, 2.05) is 24.3 Å². The molecule has 1 heterocycles. The van der Waals surface area contributed by atoms with Crippen molar-refractivity contribution in [3.8, 4) is 23.0 Å². The first-order valence-corrected chi connectivity index (χ1v) is 8.39. The highest BCUT2D eigenvalue weighted by atomic mass is 16.5. The van der Waals surface area contributed by atoms with E-state index >= 15 is 0 Å². The van der Waals surface area contributed by atoms with Crippen LogP contribution < -0.4 is 9.47 Å². The molecule has 2 aromatic carbocycles. The lowest BCUT2D eigenvalue weighted by molar-refractivity contribution is 0.105. The fourth-order valence-electron chi connectivity index (χ4n) is 2.86. The number of methoxy groups -OCH3 is 2. The molecule has 0 amide bonds. The minimum absolute atomic E-state index is 0.0940. The van der Waals surface area contributed by atoms with Gasteiger partial charge in [-0.1, -0.05) is 18.2 Å². The Hall–Kier alpha value is -3.08. The summed E-state index contributed by atoms with van der Waals surface area (Å²) < 4.78 is 16.4. The van der Waals surface area contributed by atoms with E-state index in [0.717, 1.165) is 29.7 Å². The Morgan fingerprint density at radius 3 is 2.38 bits per heavy atom. The predicted octanol–water partition coefficient (Wildman–Crippen LogP) is 4.56. The van der Waals surface area contributed by atoms with Crippen molar-refractivity contribution < 1.29 is 24.4 Å². The Balaban J connectivity index is 1.73.